The third-order valence-corrected chi connectivity index (χ3v) is 3.72. The average Bonchev–Trinajstić information content (AvgIpc) is 2.53. The van der Waals surface area contributed by atoms with Gasteiger partial charge in [-0.2, -0.15) is 0 Å². The van der Waals surface area contributed by atoms with E-state index < -0.39 is 0 Å². The van der Waals surface area contributed by atoms with Gasteiger partial charge in [0.05, 0.1) is 0 Å². The number of hydrogen-bond acceptors (Lipinski definition) is 2. The van der Waals surface area contributed by atoms with Crippen molar-refractivity contribution in [3.63, 3.8) is 0 Å². The van der Waals surface area contributed by atoms with E-state index in [-0.39, 0.29) is 29.4 Å². The van der Waals surface area contributed by atoms with Crippen molar-refractivity contribution in [1.29, 1.82) is 0 Å². The lowest BCUT2D eigenvalue weighted by Crippen LogP contribution is -2.37. The highest BCUT2D eigenvalue weighted by Crippen LogP contribution is 2.22. The smallest absolute Gasteiger partial charge is 0.191 e. The molecule has 1 rings (SSSR count). The van der Waals surface area contributed by atoms with E-state index in [1.807, 2.05) is 6.92 Å². The number of hydrogen-bond donors (Lipinski definition) is 2. The molecule has 2 N–H and O–H groups in total. The molecule has 0 atom stereocenters. The van der Waals surface area contributed by atoms with Crippen molar-refractivity contribution in [2.75, 3.05) is 26.8 Å². The first kappa shape index (κ1) is 23.2. The number of rotatable bonds is 8. The summed E-state index contributed by atoms with van der Waals surface area (Å²) in [6.45, 7) is 12.1. The fourth-order valence-corrected chi connectivity index (χ4v) is 2.21. The zero-order valence-corrected chi connectivity index (χ0v) is 18.1. The maximum atomic E-state index is 5.33. The van der Waals surface area contributed by atoms with E-state index in [9.17, 15) is 0 Å². The molecule has 24 heavy (non-hydrogen) atoms. The summed E-state index contributed by atoms with van der Waals surface area (Å²) in [6.07, 6.45) is 2.16. The van der Waals surface area contributed by atoms with Gasteiger partial charge in [0.2, 0.25) is 0 Å². The van der Waals surface area contributed by atoms with Gasteiger partial charge in [0.15, 0.2) is 5.96 Å². The van der Waals surface area contributed by atoms with E-state index >= 15 is 0 Å². The predicted molar refractivity (Wildman–Crippen MR) is 114 cm³/mol. The van der Waals surface area contributed by atoms with Crippen LogP contribution in [0.25, 0.3) is 0 Å². The minimum Gasteiger partial charge on any atom is -0.382 e. The van der Waals surface area contributed by atoms with Crippen molar-refractivity contribution < 1.29 is 4.74 Å². The number of guanidine groups is 1. The average molecular weight is 447 g/mol. The summed E-state index contributed by atoms with van der Waals surface area (Å²) in [5, 5.41) is 6.69. The zero-order valence-electron chi connectivity index (χ0n) is 15.8. The quantitative estimate of drug-likeness (QED) is 0.273. The summed E-state index contributed by atoms with van der Waals surface area (Å²) >= 11 is 0. The molecule has 0 amide bonds. The molecule has 0 aliphatic heterocycles. The molecule has 0 radical (unpaired) electrons. The SMILES string of the molecule is CCOCCCCNC(=NC)NCc1ccc(C(C)(C)C)cc1.I. The summed E-state index contributed by atoms with van der Waals surface area (Å²) in [4.78, 5) is 4.26. The molecule has 0 bridgehead atoms. The number of aliphatic imine (C=N–C) groups is 1. The minimum atomic E-state index is 0. The standard InChI is InChI=1S/C19H33N3O.HI/c1-6-23-14-8-7-13-21-18(20-5)22-15-16-9-11-17(12-10-16)19(2,3)4;/h9-12H,6-8,13-15H2,1-5H3,(H2,20,21,22);1H. The Morgan fingerprint density at radius 1 is 1.08 bits per heavy atom. The summed E-state index contributed by atoms with van der Waals surface area (Å²) in [6, 6.07) is 8.79. The molecule has 0 heterocycles. The van der Waals surface area contributed by atoms with Crippen molar-refractivity contribution in [3.8, 4) is 0 Å². The molecule has 0 spiro atoms. The first-order valence-corrected chi connectivity index (χ1v) is 8.59. The van der Waals surface area contributed by atoms with Crippen LogP contribution in [-0.4, -0.2) is 32.8 Å². The van der Waals surface area contributed by atoms with Gasteiger partial charge in [-0.05, 0) is 36.3 Å². The van der Waals surface area contributed by atoms with E-state index in [0.29, 0.717) is 0 Å². The van der Waals surface area contributed by atoms with E-state index in [2.05, 4.69) is 60.7 Å². The number of nitrogens with zero attached hydrogens (tertiary/aromatic N) is 1. The summed E-state index contributed by atoms with van der Waals surface area (Å²) in [5.74, 6) is 0.848. The molecule has 0 fully saturated rings. The first-order valence-electron chi connectivity index (χ1n) is 8.59. The number of ether oxygens (including phenoxy) is 1. The Morgan fingerprint density at radius 3 is 2.29 bits per heavy atom. The van der Waals surface area contributed by atoms with Crippen LogP contribution in [0.3, 0.4) is 0 Å². The largest absolute Gasteiger partial charge is 0.382 e. The minimum absolute atomic E-state index is 0. The van der Waals surface area contributed by atoms with E-state index in [1.54, 1.807) is 7.05 Å². The fraction of sp³-hybridized carbons (Fsp3) is 0.632. The second kappa shape index (κ2) is 12.5. The number of halogens is 1. The van der Waals surface area contributed by atoms with Crippen molar-refractivity contribution in [1.82, 2.24) is 10.6 Å². The van der Waals surface area contributed by atoms with Gasteiger partial charge in [-0.15, -0.1) is 24.0 Å². The van der Waals surface area contributed by atoms with E-state index in [0.717, 1.165) is 45.1 Å². The Kier molecular flexibility index (Phi) is 12.1. The van der Waals surface area contributed by atoms with Crippen LogP contribution in [0.5, 0.6) is 0 Å². The molecular formula is C19H34IN3O. The van der Waals surface area contributed by atoms with Gasteiger partial charge >= 0.3 is 0 Å². The lowest BCUT2D eigenvalue weighted by molar-refractivity contribution is 0.143. The molecule has 0 aliphatic rings. The molecule has 0 aromatic heterocycles. The third-order valence-electron chi connectivity index (χ3n) is 3.72. The predicted octanol–water partition coefficient (Wildman–Crippen LogP) is 4.08. The molecule has 1 aromatic carbocycles. The summed E-state index contributed by atoms with van der Waals surface area (Å²) in [5.41, 5.74) is 2.82. The topological polar surface area (TPSA) is 45.6 Å². The Morgan fingerprint density at radius 2 is 1.75 bits per heavy atom. The van der Waals surface area contributed by atoms with Gasteiger partial charge in [-0.25, -0.2) is 0 Å². The van der Waals surface area contributed by atoms with Crippen LogP contribution in [0.1, 0.15) is 51.7 Å². The Balaban J connectivity index is 0.00000529. The van der Waals surface area contributed by atoms with Gasteiger partial charge in [0, 0.05) is 33.4 Å². The Bertz CT molecular complexity index is 466. The fourth-order valence-electron chi connectivity index (χ4n) is 2.21. The highest BCUT2D eigenvalue weighted by molar-refractivity contribution is 14.0. The molecular weight excluding hydrogens is 413 g/mol. The van der Waals surface area contributed by atoms with Gasteiger partial charge in [-0.3, -0.25) is 4.99 Å². The second-order valence-electron chi connectivity index (χ2n) is 6.70. The van der Waals surface area contributed by atoms with Crippen LogP contribution in [0.2, 0.25) is 0 Å². The Labute approximate surface area is 164 Å². The molecule has 1 aromatic rings. The number of unbranched alkanes of at least 4 members (excludes halogenated alkanes) is 1. The summed E-state index contributed by atoms with van der Waals surface area (Å²) < 4.78 is 5.33. The van der Waals surface area contributed by atoms with Crippen molar-refractivity contribution >= 4 is 29.9 Å². The van der Waals surface area contributed by atoms with Crippen molar-refractivity contribution in [3.05, 3.63) is 35.4 Å². The normalized spacial score (nSPS) is 11.8. The molecule has 138 valence electrons. The van der Waals surface area contributed by atoms with Gasteiger partial charge in [0.25, 0.3) is 0 Å². The van der Waals surface area contributed by atoms with Crippen molar-refractivity contribution in [2.45, 2.75) is 52.5 Å². The van der Waals surface area contributed by atoms with Crippen molar-refractivity contribution in [2.24, 2.45) is 4.99 Å². The maximum Gasteiger partial charge on any atom is 0.191 e. The second-order valence-corrected chi connectivity index (χ2v) is 6.70. The maximum absolute atomic E-state index is 5.33. The monoisotopic (exact) mass is 447 g/mol. The lowest BCUT2D eigenvalue weighted by atomic mass is 9.87. The first-order chi connectivity index (χ1) is 11.0. The highest BCUT2D eigenvalue weighted by atomic mass is 127. The highest BCUT2D eigenvalue weighted by Gasteiger charge is 2.12. The molecule has 0 aliphatic carbocycles. The van der Waals surface area contributed by atoms with E-state index in [4.69, 9.17) is 4.74 Å². The van der Waals surface area contributed by atoms with Crippen LogP contribution in [-0.2, 0) is 16.7 Å². The van der Waals surface area contributed by atoms with Crippen LogP contribution in [0.15, 0.2) is 29.3 Å². The number of nitrogens with one attached hydrogen (secondary N) is 2. The van der Waals surface area contributed by atoms with Crippen LogP contribution in [0.4, 0.5) is 0 Å². The third kappa shape index (κ3) is 9.47. The van der Waals surface area contributed by atoms with Crippen LogP contribution < -0.4 is 10.6 Å². The van der Waals surface area contributed by atoms with E-state index in [1.165, 1.54) is 11.1 Å². The zero-order chi connectivity index (χ0) is 17.1. The van der Waals surface area contributed by atoms with Gasteiger partial charge in [-0.1, -0.05) is 45.0 Å². The van der Waals surface area contributed by atoms with Gasteiger partial charge in [0.1, 0.15) is 0 Å². The molecule has 5 heteroatoms. The van der Waals surface area contributed by atoms with Crippen LogP contribution >= 0.6 is 24.0 Å². The van der Waals surface area contributed by atoms with Crippen LogP contribution in [0, 0.1) is 0 Å². The lowest BCUT2D eigenvalue weighted by Gasteiger charge is -2.19. The Hall–Kier alpha value is -0.820. The van der Waals surface area contributed by atoms with Gasteiger partial charge < -0.3 is 15.4 Å². The summed E-state index contributed by atoms with van der Waals surface area (Å²) in [7, 11) is 1.80. The molecule has 0 saturated carbocycles. The number of benzene rings is 1. The molecule has 0 unspecified atom stereocenters. The molecule has 4 nitrogen and oxygen atoms in total. The molecule has 0 saturated heterocycles.